The maximum atomic E-state index is 2.40. The van der Waals surface area contributed by atoms with Gasteiger partial charge < -0.3 is 4.57 Å². The lowest BCUT2D eigenvalue weighted by molar-refractivity contribution is 0.978. The maximum Gasteiger partial charge on any atom is 0.0547 e. The van der Waals surface area contributed by atoms with Crippen LogP contribution in [0.2, 0.25) is 0 Å². The molecule has 1 aliphatic rings. The summed E-state index contributed by atoms with van der Waals surface area (Å²) in [5.74, 6) is 0.367. The Kier molecular flexibility index (Phi) is 8.03. The Bertz CT molecular complexity index is 3030. The van der Waals surface area contributed by atoms with E-state index in [1.54, 1.807) is 0 Å². The van der Waals surface area contributed by atoms with Crippen molar-refractivity contribution < 1.29 is 0 Å². The van der Waals surface area contributed by atoms with Crippen LogP contribution in [-0.2, 0) is 0 Å². The first-order chi connectivity index (χ1) is 28.3. The molecule has 9 aromatic carbocycles. The Balaban J connectivity index is 0.937. The van der Waals surface area contributed by atoms with E-state index in [0.717, 1.165) is 0 Å². The second-order valence-corrected chi connectivity index (χ2v) is 15.2. The van der Waals surface area contributed by atoms with Gasteiger partial charge in [0.05, 0.1) is 11.0 Å². The molecule has 0 spiro atoms. The van der Waals surface area contributed by atoms with E-state index < -0.39 is 0 Å². The summed E-state index contributed by atoms with van der Waals surface area (Å²) in [7, 11) is 0. The van der Waals surface area contributed by atoms with Crippen LogP contribution >= 0.6 is 0 Å². The smallest absolute Gasteiger partial charge is 0.0547 e. The van der Waals surface area contributed by atoms with Crippen LogP contribution in [0, 0.1) is 0 Å². The molecule has 0 saturated heterocycles. The normalized spacial score (nSPS) is 13.7. The van der Waals surface area contributed by atoms with E-state index in [1.807, 2.05) is 0 Å². The van der Waals surface area contributed by atoms with Gasteiger partial charge in [0.2, 0.25) is 0 Å². The van der Waals surface area contributed by atoms with E-state index in [4.69, 9.17) is 0 Å². The van der Waals surface area contributed by atoms with Crippen molar-refractivity contribution in [1.29, 1.82) is 0 Å². The molecule has 1 aliphatic carbocycles. The summed E-state index contributed by atoms with van der Waals surface area (Å²) in [6, 6.07) is 82.6. The van der Waals surface area contributed by atoms with Crippen molar-refractivity contribution in [3.63, 3.8) is 0 Å². The number of aromatic nitrogens is 1. The van der Waals surface area contributed by atoms with Crippen LogP contribution in [0.25, 0.3) is 60.9 Å². The Hall–Kier alpha value is -7.22. The van der Waals surface area contributed by atoms with Gasteiger partial charge in [-0.1, -0.05) is 194 Å². The number of fused-ring (bicyclic) bond motifs is 6. The highest BCUT2D eigenvalue weighted by Gasteiger charge is 2.30. The zero-order chi connectivity index (χ0) is 37.7. The molecule has 2 unspecified atom stereocenters. The summed E-state index contributed by atoms with van der Waals surface area (Å²) >= 11 is 0. The van der Waals surface area contributed by atoms with Crippen molar-refractivity contribution in [3.05, 3.63) is 258 Å². The number of rotatable bonds is 7. The highest BCUT2D eigenvalue weighted by molar-refractivity contribution is 6.10. The molecular weight excluding hydrogens is 687 g/mol. The zero-order valence-electron chi connectivity index (χ0n) is 31.5. The lowest BCUT2D eigenvalue weighted by Gasteiger charge is -2.20. The predicted octanol–water partition coefficient (Wildman–Crippen LogP) is 14.5. The minimum absolute atomic E-state index is 0.107. The summed E-state index contributed by atoms with van der Waals surface area (Å²) in [5, 5.41) is 2.54. The minimum atomic E-state index is 0.107. The van der Waals surface area contributed by atoms with Crippen molar-refractivity contribution in [2.75, 3.05) is 0 Å². The Morgan fingerprint density at radius 3 is 1.56 bits per heavy atom. The van der Waals surface area contributed by atoms with Crippen molar-refractivity contribution >= 4 is 21.8 Å². The van der Waals surface area contributed by atoms with Gasteiger partial charge in [-0.05, 0) is 97.1 Å². The van der Waals surface area contributed by atoms with Gasteiger partial charge in [0.1, 0.15) is 0 Å². The largest absolute Gasteiger partial charge is 0.309 e. The van der Waals surface area contributed by atoms with E-state index >= 15 is 0 Å². The monoisotopic (exact) mass is 725 g/mol. The van der Waals surface area contributed by atoms with Crippen LogP contribution in [0.4, 0.5) is 0 Å². The molecule has 1 aromatic heterocycles. The van der Waals surface area contributed by atoms with Crippen LogP contribution in [0.1, 0.15) is 45.2 Å². The van der Waals surface area contributed by atoms with Crippen molar-refractivity contribution in [2.45, 2.75) is 11.8 Å². The summed E-state index contributed by atoms with van der Waals surface area (Å²) in [4.78, 5) is 0. The van der Waals surface area contributed by atoms with Gasteiger partial charge in [-0.15, -0.1) is 0 Å². The molecule has 0 saturated carbocycles. The molecule has 0 amide bonds. The van der Waals surface area contributed by atoms with Crippen LogP contribution < -0.4 is 0 Å². The Morgan fingerprint density at radius 1 is 0.333 bits per heavy atom. The van der Waals surface area contributed by atoms with Crippen LogP contribution in [0.3, 0.4) is 0 Å². The first-order valence-corrected chi connectivity index (χ1v) is 19.9. The molecule has 1 heterocycles. The molecule has 0 fully saturated rings. The number of nitrogens with zero attached hydrogens (tertiary/aromatic N) is 1. The van der Waals surface area contributed by atoms with Gasteiger partial charge in [-0.25, -0.2) is 0 Å². The van der Waals surface area contributed by atoms with Gasteiger partial charge in [0.15, 0.2) is 0 Å². The highest BCUT2D eigenvalue weighted by atomic mass is 15.0. The van der Waals surface area contributed by atoms with Gasteiger partial charge in [-0.2, -0.15) is 0 Å². The molecule has 1 heteroatoms. The van der Waals surface area contributed by atoms with Crippen LogP contribution in [-0.4, -0.2) is 4.57 Å². The van der Waals surface area contributed by atoms with Crippen LogP contribution in [0.5, 0.6) is 0 Å². The molecule has 0 N–H and O–H groups in total. The molecule has 10 aromatic rings. The van der Waals surface area contributed by atoms with E-state index in [-0.39, 0.29) is 11.8 Å². The summed E-state index contributed by atoms with van der Waals surface area (Å²) in [5.41, 5.74) is 19.1. The Morgan fingerprint density at radius 2 is 0.842 bits per heavy atom. The fourth-order valence-corrected chi connectivity index (χ4v) is 9.35. The quantitative estimate of drug-likeness (QED) is 0.144. The second kappa shape index (κ2) is 13.8. The summed E-state index contributed by atoms with van der Waals surface area (Å²) < 4.78 is 2.39. The molecular formula is C56H39N. The van der Waals surface area contributed by atoms with Crippen molar-refractivity contribution in [2.24, 2.45) is 0 Å². The van der Waals surface area contributed by atoms with Gasteiger partial charge in [0, 0.05) is 28.3 Å². The molecule has 0 radical (unpaired) electrons. The highest BCUT2D eigenvalue weighted by Crippen LogP contribution is 2.49. The molecule has 0 aliphatic heterocycles. The second-order valence-electron chi connectivity index (χ2n) is 15.2. The van der Waals surface area contributed by atoms with Gasteiger partial charge in [0.25, 0.3) is 0 Å². The molecule has 11 rings (SSSR count). The van der Waals surface area contributed by atoms with E-state index in [1.165, 1.54) is 94.3 Å². The van der Waals surface area contributed by atoms with E-state index in [0.29, 0.717) is 0 Å². The van der Waals surface area contributed by atoms with E-state index in [2.05, 4.69) is 229 Å². The fourth-order valence-electron chi connectivity index (χ4n) is 9.35. The third kappa shape index (κ3) is 5.71. The number of hydrogen-bond donors (Lipinski definition) is 0. The Labute approximate surface area is 333 Å². The van der Waals surface area contributed by atoms with Crippen LogP contribution in [0.15, 0.2) is 224 Å². The first-order valence-electron chi connectivity index (χ1n) is 19.9. The zero-order valence-corrected chi connectivity index (χ0v) is 31.5. The summed E-state index contributed by atoms with van der Waals surface area (Å²) in [6.07, 6.45) is 0. The predicted molar refractivity (Wildman–Crippen MR) is 238 cm³/mol. The maximum absolute atomic E-state index is 2.40. The standard InChI is InChI=1S/C56H39N/c1-4-14-40(15-5-1)55(42-28-24-38(25-29-42)44-33-35-51-52(36-44)47-20-10-11-22-50(47)56(51)41-16-6-2-7-17-41)43-30-26-39(27-31-43)45-32-34-49-48-21-12-13-23-53(48)57(54(49)37-45)46-18-8-3-9-19-46/h1-37,55-56H. The number of hydrogen-bond acceptors (Lipinski definition) is 0. The third-order valence-corrected chi connectivity index (χ3v) is 12.0. The van der Waals surface area contributed by atoms with Gasteiger partial charge in [-0.3, -0.25) is 0 Å². The average molecular weight is 726 g/mol. The average Bonchev–Trinajstić information content (AvgIpc) is 3.80. The lowest BCUT2D eigenvalue weighted by Crippen LogP contribution is -2.03. The molecule has 1 nitrogen and oxygen atoms in total. The number of benzene rings is 9. The van der Waals surface area contributed by atoms with Crippen molar-refractivity contribution in [1.82, 2.24) is 4.57 Å². The number of para-hydroxylation sites is 2. The lowest BCUT2D eigenvalue weighted by atomic mass is 9.84. The van der Waals surface area contributed by atoms with Crippen molar-refractivity contribution in [3.8, 4) is 39.1 Å². The van der Waals surface area contributed by atoms with Gasteiger partial charge >= 0.3 is 0 Å². The topological polar surface area (TPSA) is 4.93 Å². The third-order valence-electron chi connectivity index (χ3n) is 12.0. The molecule has 2 atom stereocenters. The molecule has 57 heavy (non-hydrogen) atoms. The molecule has 268 valence electrons. The summed E-state index contributed by atoms with van der Waals surface area (Å²) in [6.45, 7) is 0. The molecule has 0 bridgehead atoms. The first kappa shape index (κ1) is 33.1. The SMILES string of the molecule is c1ccc(C(c2ccc(-c3ccc4c(c3)-c3ccccc3C4c3ccccc3)cc2)c2ccc(-c3ccc4c5ccccc5n(-c5ccccc5)c4c3)cc2)cc1. The minimum Gasteiger partial charge on any atom is -0.309 e. The van der Waals surface area contributed by atoms with E-state index in [9.17, 15) is 0 Å². The fraction of sp³-hybridized carbons (Fsp3) is 0.0357.